The molecule has 0 radical (unpaired) electrons. The van der Waals surface area contributed by atoms with Gasteiger partial charge in [-0.2, -0.15) is 4.31 Å². The largest absolute Gasteiger partial charge is 0.465 e. The second-order valence-corrected chi connectivity index (χ2v) is 8.67. The van der Waals surface area contributed by atoms with Gasteiger partial charge in [0.05, 0.1) is 17.6 Å². The first-order chi connectivity index (χ1) is 12.8. The van der Waals surface area contributed by atoms with E-state index in [1.54, 1.807) is 12.1 Å². The van der Waals surface area contributed by atoms with Gasteiger partial charge >= 0.3 is 5.97 Å². The third kappa shape index (κ3) is 4.15. The van der Waals surface area contributed by atoms with E-state index in [1.807, 2.05) is 0 Å². The molecule has 144 valence electrons. The zero-order valence-electron chi connectivity index (χ0n) is 14.7. The Bertz CT molecular complexity index is 964. The van der Waals surface area contributed by atoms with Crippen LogP contribution in [0.25, 0.3) is 0 Å². The Morgan fingerprint density at radius 2 is 2.07 bits per heavy atom. The lowest BCUT2D eigenvalue weighted by Crippen LogP contribution is -2.37. The molecule has 1 fully saturated rings. The molecule has 2 aromatic carbocycles. The summed E-state index contributed by atoms with van der Waals surface area (Å²) in [4.78, 5) is 11.9. The number of halogens is 2. The molecule has 1 aliphatic rings. The van der Waals surface area contributed by atoms with Gasteiger partial charge in [0, 0.05) is 17.6 Å². The van der Waals surface area contributed by atoms with E-state index in [-0.39, 0.29) is 27.3 Å². The van der Waals surface area contributed by atoms with Gasteiger partial charge in [-0.25, -0.2) is 17.6 Å². The third-order valence-corrected chi connectivity index (χ3v) is 6.85. The van der Waals surface area contributed by atoms with Crippen LogP contribution >= 0.6 is 11.6 Å². The number of methoxy groups -OCH3 is 1. The van der Waals surface area contributed by atoms with E-state index in [2.05, 4.69) is 0 Å². The number of carbonyl (C=O) groups is 1. The van der Waals surface area contributed by atoms with Crippen LogP contribution in [0.3, 0.4) is 0 Å². The van der Waals surface area contributed by atoms with Crippen molar-refractivity contribution in [2.45, 2.75) is 30.2 Å². The molecule has 3 rings (SSSR count). The normalized spacial score (nSPS) is 17.8. The number of rotatable bonds is 5. The van der Waals surface area contributed by atoms with Crippen molar-refractivity contribution in [2.24, 2.45) is 0 Å². The van der Waals surface area contributed by atoms with Gasteiger partial charge in [0.25, 0.3) is 0 Å². The lowest BCUT2D eigenvalue weighted by Gasteiger charge is -2.25. The quantitative estimate of drug-likeness (QED) is 0.704. The van der Waals surface area contributed by atoms with Crippen LogP contribution < -0.4 is 0 Å². The lowest BCUT2D eigenvalue weighted by molar-refractivity contribution is 0.0596. The number of hydrogen-bond donors (Lipinski definition) is 0. The second-order valence-electron chi connectivity index (χ2n) is 6.38. The summed E-state index contributed by atoms with van der Waals surface area (Å²) in [6.07, 6.45) is 1.74. The molecule has 0 N–H and O–H groups in total. The van der Waals surface area contributed by atoms with Crippen LogP contribution in [0.5, 0.6) is 0 Å². The van der Waals surface area contributed by atoms with Gasteiger partial charge in [0.15, 0.2) is 0 Å². The Hall–Kier alpha value is -1.96. The molecular weight excluding hydrogens is 393 g/mol. The maximum atomic E-state index is 13.5. The van der Waals surface area contributed by atoms with Gasteiger partial charge in [0.1, 0.15) is 5.82 Å². The van der Waals surface area contributed by atoms with Gasteiger partial charge in [0.2, 0.25) is 10.0 Å². The summed E-state index contributed by atoms with van der Waals surface area (Å²) in [7, 11) is -2.78. The summed E-state index contributed by atoms with van der Waals surface area (Å²) in [6.45, 7) is 0.329. The number of esters is 1. The minimum Gasteiger partial charge on any atom is -0.465 e. The fourth-order valence-electron chi connectivity index (χ4n) is 3.38. The SMILES string of the molecule is COC(=O)c1ccc(Cl)cc1S(=O)(=O)N1CCCC1Cc1cccc(F)c1. The van der Waals surface area contributed by atoms with Crippen molar-refractivity contribution >= 4 is 27.6 Å². The van der Waals surface area contributed by atoms with Crippen LogP contribution in [0.2, 0.25) is 5.02 Å². The topological polar surface area (TPSA) is 63.7 Å². The van der Waals surface area contributed by atoms with E-state index in [0.717, 1.165) is 5.56 Å². The standard InChI is InChI=1S/C19H19ClFNO4S/c1-26-19(23)17-8-7-14(20)12-18(17)27(24,25)22-9-3-6-16(22)11-13-4-2-5-15(21)10-13/h2,4-5,7-8,10,12,16H,3,6,9,11H2,1H3. The van der Waals surface area contributed by atoms with Crippen LogP contribution in [0, 0.1) is 5.82 Å². The van der Waals surface area contributed by atoms with Crippen LogP contribution in [0.4, 0.5) is 4.39 Å². The molecule has 1 unspecified atom stereocenters. The minimum absolute atomic E-state index is 0.0571. The van der Waals surface area contributed by atoms with Gasteiger partial charge < -0.3 is 4.74 Å². The molecule has 1 heterocycles. The second kappa shape index (κ2) is 7.96. The van der Waals surface area contributed by atoms with Crippen LogP contribution in [0.15, 0.2) is 47.4 Å². The molecule has 0 spiro atoms. The molecule has 0 aromatic heterocycles. The Kier molecular flexibility index (Phi) is 5.83. The molecule has 27 heavy (non-hydrogen) atoms. The molecule has 0 bridgehead atoms. The number of carbonyl (C=O) groups excluding carboxylic acids is 1. The summed E-state index contributed by atoms with van der Waals surface area (Å²) in [5.74, 6) is -1.10. The van der Waals surface area contributed by atoms with Crippen molar-refractivity contribution in [1.29, 1.82) is 0 Å². The van der Waals surface area contributed by atoms with Crippen molar-refractivity contribution in [1.82, 2.24) is 4.31 Å². The number of ether oxygens (including phenoxy) is 1. The maximum Gasteiger partial charge on any atom is 0.339 e. The van der Waals surface area contributed by atoms with Crippen molar-refractivity contribution in [2.75, 3.05) is 13.7 Å². The monoisotopic (exact) mass is 411 g/mol. The van der Waals surface area contributed by atoms with Crippen molar-refractivity contribution < 1.29 is 22.3 Å². The van der Waals surface area contributed by atoms with Gasteiger partial charge in [-0.05, 0) is 55.2 Å². The number of nitrogens with zero attached hydrogens (tertiary/aromatic N) is 1. The Labute approximate surface area is 162 Å². The zero-order chi connectivity index (χ0) is 19.6. The van der Waals surface area contributed by atoms with Gasteiger partial charge in [-0.3, -0.25) is 0 Å². The van der Waals surface area contributed by atoms with E-state index in [9.17, 15) is 17.6 Å². The summed E-state index contributed by atoms with van der Waals surface area (Å²) in [5, 5.41) is 0.210. The summed E-state index contributed by atoms with van der Waals surface area (Å²) in [6, 6.07) is 9.86. The van der Waals surface area contributed by atoms with Crippen LogP contribution in [-0.2, 0) is 21.2 Å². The lowest BCUT2D eigenvalue weighted by atomic mass is 10.0. The first-order valence-corrected chi connectivity index (χ1v) is 10.3. The highest BCUT2D eigenvalue weighted by molar-refractivity contribution is 7.89. The van der Waals surface area contributed by atoms with Crippen molar-refractivity contribution in [3.8, 4) is 0 Å². The van der Waals surface area contributed by atoms with E-state index in [1.165, 1.54) is 41.7 Å². The van der Waals surface area contributed by atoms with E-state index >= 15 is 0 Å². The number of hydrogen-bond acceptors (Lipinski definition) is 4. The Morgan fingerprint density at radius 3 is 2.78 bits per heavy atom. The molecular formula is C19H19ClFNO4S. The fourth-order valence-corrected chi connectivity index (χ4v) is 5.52. The third-order valence-electron chi connectivity index (χ3n) is 4.62. The predicted molar refractivity (Wildman–Crippen MR) is 99.8 cm³/mol. The van der Waals surface area contributed by atoms with E-state index < -0.39 is 16.0 Å². The average molecular weight is 412 g/mol. The summed E-state index contributed by atoms with van der Waals surface area (Å²) >= 11 is 5.98. The van der Waals surface area contributed by atoms with E-state index in [0.29, 0.717) is 25.8 Å². The molecule has 5 nitrogen and oxygen atoms in total. The Morgan fingerprint density at radius 1 is 1.30 bits per heavy atom. The maximum absolute atomic E-state index is 13.5. The first kappa shape index (κ1) is 19.8. The number of benzene rings is 2. The van der Waals surface area contributed by atoms with Gasteiger partial charge in [-0.15, -0.1) is 0 Å². The molecule has 1 aliphatic heterocycles. The molecule has 0 aliphatic carbocycles. The summed E-state index contributed by atoms with van der Waals surface area (Å²) < 4.78 is 46.1. The molecule has 0 saturated carbocycles. The molecule has 1 atom stereocenters. The predicted octanol–water partition coefficient (Wildman–Crippen LogP) is 3.66. The molecule has 2 aromatic rings. The van der Waals surface area contributed by atoms with Crippen LogP contribution in [0.1, 0.15) is 28.8 Å². The van der Waals surface area contributed by atoms with Crippen molar-refractivity contribution in [3.63, 3.8) is 0 Å². The molecule has 0 amide bonds. The highest BCUT2D eigenvalue weighted by Gasteiger charge is 2.37. The molecule has 8 heteroatoms. The van der Waals surface area contributed by atoms with E-state index in [4.69, 9.17) is 16.3 Å². The average Bonchev–Trinajstić information content (AvgIpc) is 3.10. The zero-order valence-corrected chi connectivity index (χ0v) is 16.3. The molecule has 1 saturated heterocycles. The highest BCUT2D eigenvalue weighted by atomic mass is 35.5. The highest BCUT2D eigenvalue weighted by Crippen LogP contribution is 2.31. The fraction of sp³-hybridized carbons (Fsp3) is 0.316. The number of sulfonamides is 1. The smallest absolute Gasteiger partial charge is 0.339 e. The van der Waals surface area contributed by atoms with Crippen molar-refractivity contribution in [3.05, 3.63) is 64.4 Å². The Balaban J connectivity index is 1.96. The van der Waals surface area contributed by atoms with Gasteiger partial charge in [-0.1, -0.05) is 23.7 Å². The minimum atomic E-state index is -3.97. The summed E-state index contributed by atoms with van der Waals surface area (Å²) in [5.41, 5.74) is 0.666. The van der Waals surface area contributed by atoms with Crippen LogP contribution in [-0.4, -0.2) is 38.4 Å². The first-order valence-electron chi connectivity index (χ1n) is 8.47.